The SMILES string of the molecule is CC(=O)OC[C@H](O)[C@@]1(O)CC[C@@H]2[C@@H]3CC[C@H]4C[C@H](O)CC[C@]4(C)[C@@H]3[C@@H](O)C[C@@]21C. The summed E-state index contributed by atoms with van der Waals surface area (Å²) in [6, 6.07) is 0. The molecule has 6 nitrogen and oxygen atoms in total. The highest BCUT2D eigenvalue weighted by atomic mass is 16.5. The van der Waals surface area contributed by atoms with Gasteiger partial charge in [-0.1, -0.05) is 13.8 Å². The van der Waals surface area contributed by atoms with Gasteiger partial charge in [0.25, 0.3) is 0 Å². The Labute approximate surface area is 173 Å². The van der Waals surface area contributed by atoms with E-state index >= 15 is 0 Å². The molecule has 166 valence electrons. The quantitative estimate of drug-likeness (QED) is 0.530. The van der Waals surface area contributed by atoms with Crippen molar-refractivity contribution in [3.8, 4) is 0 Å². The second-order valence-electron chi connectivity index (χ2n) is 11.0. The zero-order chi connectivity index (χ0) is 21.2. The molecule has 0 heterocycles. The maximum Gasteiger partial charge on any atom is 0.302 e. The molecule has 0 bridgehead atoms. The zero-order valence-corrected chi connectivity index (χ0v) is 18.0. The van der Waals surface area contributed by atoms with Crippen molar-refractivity contribution in [1.29, 1.82) is 0 Å². The first-order valence-electron chi connectivity index (χ1n) is 11.4. The van der Waals surface area contributed by atoms with Crippen LogP contribution in [0, 0.1) is 34.5 Å². The molecule has 4 N–H and O–H groups in total. The summed E-state index contributed by atoms with van der Waals surface area (Å²) in [4.78, 5) is 11.2. The molecule has 4 aliphatic rings. The van der Waals surface area contributed by atoms with E-state index in [0.29, 0.717) is 24.7 Å². The number of carbonyl (C=O) groups excluding carboxylic acids is 1. The summed E-state index contributed by atoms with van der Waals surface area (Å²) in [5.74, 6) is 0.704. The molecule has 0 aromatic heterocycles. The molecule has 0 aromatic carbocycles. The maximum absolute atomic E-state index is 11.6. The summed E-state index contributed by atoms with van der Waals surface area (Å²) in [6.45, 7) is 5.41. The van der Waals surface area contributed by atoms with Crippen LogP contribution in [0.4, 0.5) is 0 Å². The van der Waals surface area contributed by atoms with E-state index in [0.717, 1.165) is 38.5 Å². The Kier molecular flexibility index (Phi) is 5.33. The first kappa shape index (κ1) is 21.5. The van der Waals surface area contributed by atoms with Crippen LogP contribution in [0.2, 0.25) is 0 Å². The number of aliphatic hydroxyl groups is 4. The fourth-order valence-corrected chi connectivity index (χ4v) is 8.28. The van der Waals surface area contributed by atoms with Crippen LogP contribution in [0.5, 0.6) is 0 Å². The lowest BCUT2D eigenvalue weighted by Gasteiger charge is -2.63. The summed E-state index contributed by atoms with van der Waals surface area (Å²) >= 11 is 0. The van der Waals surface area contributed by atoms with E-state index in [1.807, 2.05) is 6.92 Å². The predicted molar refractivity (Wildman–Crippen MR) is 107 cm³/mol. The summed E-state index contributed by atoms with van der Waals surface area (Å²) < 4.78 is 5.00. The van der Waals surface area contributed by atoms with Gasteiger partial charge in [-0.15, -0.1) is 0 Å². The van der Waals surface area contributed by atoms with Gasteiger partial charge in [-0.25, -0.2) is 0 Å². The van der Waals surface area contributed by atoms with Crippen LogP contribution in [-0.4, -0.2) is 56.9 Å². The van der Waals surface area contributed by atoms with Crippen molar-refractivity contribution in [3.05, 3.63) is 0 Å². The fourth-order valence-electron chi connectivity index (χ4n) is 8.28. The molecule has 0 radical (unpaired) electrons. The summed E-state index contributed by atoms with van der Waals surface area (Å²) in [5, 5.41) is 43.9. The highest BCUT2D eigenvalue weighted by Gasteiger charge is 2.68. The Hall–Kier alpha value is -0.690. The third-order valence-corrected chi connectivity index (χ3v) is 9.78. The van der Waals surface area contributed by atoms with Crippen molar-refractivity contribution in [2.75, 3.05) is 6.61 Å². The molecule has 0 aromatic rings. The molecule has 0 unspecified atom stereocenters. The normalized spacial score (nSPS) is 52.8. The molecule has 0 saturated heterocycles. The first-order chi connectivity index (χ1) is 13.5. The molecule has 0 amide bonds. The highest BCUT2D eigenvalue weighted by molar-refractivity contribution is 5.65. The van der Waals surface area contributed by atoms with Gasteiger partial charge in [-0.2, -0.15) is 0 Å². The van der Waals surface area contributed by atoms with Crippen LogP contribution in [0.1, 0.15) is 72.1 Å². The molecule has 6 heteroatoms. The van der Waals surface area contributed by atoms with Gasteiger partial charge < -0.3 is 25.2 Å². The number of ether oxygens (including phenoxy) is 1. The Morgan fingerprint density at radius 2 is 1.86 bits per heavy atom. The van der Waals surface area contributed by atoms with E-state index < -0.39 is 29.2 Å². The molecule has 4 rings (SSSR count). The number of hydrogen-bond donors (Lipinski definition) is 4. The molecular weight excluding hydrogens is 372 g/mol. The number of rotatable bonds is 3. The summed E-state index contributed by atoms with van der Waals surface area (Å²) in [7, 11) is 0. The van der Waals surface area contributed by atoms with E-state index in [4.69, 9.17) is 4.74 Å². The third kappa shape index (κ3) is 3.08. The van der Waals surface area contributed by atoms with Gasteiger partial charge in [0.1, 0.15) is 12.7 Å². The van der Waals surface area contributed by atoms with Crippen LogP contribution < -0.4 is 0 Å². The second-order valence-corrected chi connectivity index (χ2v) is 11.0. The molecule has 0 spiro atoms. The molecule has 4 fully saturated rings. The van der Waals surface area contributed by atoms with Crippen molar-refractivity contribution >= 4 is 5.97 Å². The van der Waals surface area contributed by atoms with E-state index in [-0.39, 0.29) is 30.0 Å². The number of esters is 1. The van der Waals surface area contributed by atoms with Crippen LogP contribution in [0.25, 0.3) is 0 Å². The van der Waals surface area contributed by atoms with Crippen LogP contribution in [-0.2, 0) is 9.53 Å². The Bertz CT molecular complexity index is 653. The van der Waals surface area contributed by atoms with Gasteiger partial charge in [0.05, 0.1) is 17.8 Å². The third-order valence-electron chi connectivity index (χ3n) is 9.78. The smallest absolute Gasteiger partial charge is 0.302 e. The number of carbonyl (C=O) groups is 1. The van der Waals surface area contributed by atoms with Gasteiger partial charge >= 0.3 is 5.97 Å². The number of fused-ring (bicyclic) bond motifs is 5. The fraction of sp³-hybridized carbons (Fsp3) is 0.957. The van der Waals surface area contributed by atoms with E-state index in [9.17, 15) is 25.2 Å². The minimum absolute atomic E-state index is 0.0277. The van der Waals surface area contributed by atoms with E-state index in [2.05, 4.69) is 6.92 Å². The minimum atomic E-state index is -1.36. The average molecular weight is 411 g/mol. The molecular formula is C23H38O6. The summed E-state index contributed by atoms with van der Waals surface area (Å²) in [6.07, 6.45) is 4.48. The van der Waals surface area contributed by atoms with E-state index in [1.165, 1.54) is 6.92 Å². The zero-order valence-electron chi connectivity index (χ0n) is 18.0. The van der Waals surface area contributed by atoms with Gasteiger partial charge in [-0.05, 0) is 80.5 Å². The van der Waals surface area contributed by atoms with Crippen LogP contribution in [0.3, 0.4) is 0 Å². The van der Waals surface area contributed by atoms with Crippen LogP contribution >= 0.6 is 0 Å². The lowest BCUT2D eigenvalue weighted by atomic mass is 9.43. The molecule has 0 aliphatic heterocycles. The lowest BCUT2D eigenvalue weighted by molar-refractivity contribution is -0.225. The first-order valence-corrected chi connectivity index (χ1v) is 11.4. The maximum atomic E-state index is 11.6. The molecule has 4 aliphatic carbocycles. The van der Waals surface area contributed by atoms with Crippen molar-refractivity contribution in [1.82, 2.24) is 0 Å². The van der Waals surface area contributed by atoms with Gasteiger partial charge in [0, 0.05) is 12.3 Å². The topological polar surface area (TPSA) is 107 Å². The number of hydrogen-bond acceptors (Lipinski definition) is 6. The number of aliphatic hydroxyl groups excluding tert-OH is 3. The van der Waals surface area contributed by atoms with Crippen molar-refractivity contribution in [2.24, 2.45) is 34.5 Å². The van der Waals surface area contributed by atoms with Crippen molar-refractivity contribution < 1.29 is 30.0 Å². The molecule has 4 saturated carbocycles. The average Bonchev–Trinajstić information content (AvgIpc) is 2.91. The van der Waals surface area contributed by atoms with E-state index in [1.54, 1.807) is 0 Å². The van der Waals surface area contributed by atoms with Gasteiger partial charge in [0.15, 0.2) is 0 Å². The predicted octanol–water partition coefficient (Wildman–Crippen LogP) is 2.02. The molecule has 29 heavy (non-hydrogen) atoms. The largest absolute Gasteiger partial charge is 0.463 e. The second kappa shape index (κ2) is 7.18. The minimum Gasteiger partial charge on any atom is -0.463 e. The van der Waals surface area contributed by atoms with Crippen molar-refractivity contribution in [2.45, 2.75) is 96.1 Å². The highest BCUT2D eigenvalue weighted by Crippen LogP contribution is 2.68. The van der Waals surface area contributed by atoms with Crippen LogP contribution in [0.15, 0.2) is 0 Å². The van der Waals surface area contributed by atoms with Crippen molar-refractivity contribution in [3.63, 3.8) is 0 Å². The Morgan fingerprint density at radius 3 is 2.55 bits per heavy atom. The Morgan fingerprint density at radius 1 is 1.14 bits per heavy atom. The standard InChI is InChI=1S/C23H38O6/c1-13(24)29-12-19(27)23(28)9-7-17-16-5-4-14-10-15(25)6-8-21(14,2)20(16)18(26)11-22(17,23)3/h14-20,25-28H,4-12H2,1-3H3/t14-,15+,16-,17+,18-,19-,20-,21-,22-,23-/m0/s1. The van der Waals surface area contributed by atoms with Gasteiger partial charge in [0.2, 0.25) is 0 Å². The lowest BCUT2D eigenvalue weighted by Crippen LogP contribution is -2.64. The monoisotopic (exact) mass is 410 g/mol. The summed E-state index contributed by atoms with van der Waals surface area (Å²) in [5.41, 5.74) is -1.94. The Balaban J connectivity index is 1.61. The molecule has 10 atom stereocenters. The van der Waals surface area contributed by atoms with Gasteiger partial charge in [-0.3, -0.25) is 4.79 Å².